The van der Waals surface area contributed by atoms with E-state index in [9.17, 15) is 17.8 Å². The van der Waals surface area contributed by atoms with E-state index < -0.39 is 15.5 Å². The first-order valence-corrected chi connectivity index (χ1v) is 15.2. The minimum absolute atomic E-state index is 0.117. The fourth-order valence-corrected chi connectivity index (χ4v) is 6.66. The van der Waals surface area contributed by atoms with E-state index in [4.69, 9.17) is 37.4 Å². The van der Waals surface area contributed by atoms with Crippen molar-refractivity contribution in [3.05, 3.63) is 80.8 Å². The highest BCUT2D eigenvalue weighted by atomic mass is 35.5. The first-order chi connectivity index (χ1) is 19.4. The Balaban J connectivity index is 1.74. The quantitative estimate of drug-likeness (QED) is 0.276. The molecule has 0 aliphatic carbocycles. The molecule has 1 aliphatic rings. The van der Waals surface area contributed by atoms with Gasteiger partial charge in [0.15, 0.2) is 11.5 Å². The molecule has 0 radical (unpaired) electrons. The van der Waals surface area contributed by atoms with Crippen molar-refractivity contribution in [2.45, 2.75) is 42.9 Å². The smallest absolute Gasteiger partial charge is 0.294 e. The van der Waals surface area contributed by atoms with Crippen molar-refractivity contribution in [2.24, 2.45) is 0 Å². The van der Waals surface area contributed by atoms with Crippen LogP contribution in [0.5, 0.6) is 17.2 Å². The van der Waals surface area contributed by atoms with Gasteiger partial charge in [0.1, 0.15) is 0 Å². The normalized spacial score (nSPS) is 17.3. The minimum atomic E-state index is -4.42. The number of hydrogen-bond donors (Lipinski definition) is 1. The number of benzene rings is 3. The molecule has 1 aliphatic heterocycles. The van der Waals surface area contributed by atoms with Crippen molar-refractivity contribution in [3.8, 4) is 17.2 Å². The molecule has 0 bridgehead atoms. The molecule has 1 atom stereocenters. The van der Waals surface area contributed by atoms with Crippen molar-refractivity contribution in [2.75, 3.05) is 34.4 Å². The van der Waals surface area contributed by atoms with Crippen LogP contribution in [-0.2, 0) is 22.0 Å². The van der Waals surface area contributed by atoms with Gasteiger partial charge in [-0.3, -0.25) is 9.35 Å². The molecule has 1 fully saturated rings. The maximum atomic E-state index is 13.9. The van der Waals surface area contributed by atoms with Crippen molar-refractivity contribution in [1.82, 2.24) is 4.90 Å². The average Bonchev–Trinajstić information content (AvgIpc) is 2.95. The van der Waals surface area contributed by atoms with Gasteiger partial charge in [-0.25, -0.2) is 0 Å². The standard InChI is InChI=1S/C30H33Cl2NO7S/c1-19-6-9-27(41(35,36)37)20(14-19)10-12-30(22-7-8-23(31)24(32)17-22)11-5-13-33(18-30)29(34)21-15-25(38-2)28(40-4)26(16-21)39-3/h6-9,14-17H,5,10-13,18H2,1-4H3,(H,35,36,37). The van der Waals surface area contributed by atoms with E-state index in [0.29, 0.717) is 70.8 Å². The predicted octanol–water partition coefficient (Wildman–Crippen LogP) is 6.38. The number of halogens is 2. The van der Waals surface area contributed by atoms with Crippen LogP contribution in [0.4, 0.5) is 0 Å². The van der Waals surface area contributed by atoms with Crippen molar-refractivity contribution in [3.63, 3.8) is 0 Å². The Morgan fingerprint density at radius 3 is 2.24 bits per heavy atom. The van der Waals surface area contributed by atoms with Gasteiger partial charge in [0.25, 0.3) is 16.0 Å². The van der Waals surface area contributed by atoms with Crippen LogP contribution in [0.15, 0.2) is 53.4 Å². The van der Waals surface area contributed by atoms with Gasteiger partial charge in [0.2, 0.25) is 5.75 Å². The van der Waals surface area contributed by atoms with Crippen LogP contribution in [-0.4, -0.2) is 58.2 Å². The number of likely N-dealkylation sites (tertiary alicyclic amines) is 1. The van der Waals surface area contributed by atoms with Crippen LogP contribution in [0.25, 0.3) is 0 Å². The SMILES string of the molecule is COc1cc(C(=O)N2CCCC(CCc3cc(C)ccc3S(=O)(=O)O)(c3ccc(Cl)c(Cl)c3)C2)cc(OC)c1OC. The number of carbonyl (C=O) groups is 1. The van der Waals surface area contributed by atoms with Gasteiger partial charge in [-0.1, -0.05) is 47.0 Å². The summed E-state index contributed by atoms with van der Waals surface area (Å²) in [4.78, 5) is 15.6. The zero-order valence-corrected chi connectivity index (χ0v) is 25.7. The molecule has 3 aromatic rings. The lowest BCUT2D eigenvalue weighted by atomic mass is 9.70. The molecule has 11 heteroatoms. The molecule has 1 unspecified atom stereocenters. The van der Waals surface area contributed by atoms with E-state index in [2.05, 4.69) is 0 Å². The number of hydrogen-bond acceptors (Lipinski definition) is 6. The highest BCUT2D eigenvalue weighted by Gasteiger charge is 2.39. The van der Waals surface area contributed by atoms with Gasteiger partial charge in [0.05, 0.1) is 36.3 Å². The van der Waals surface area contributed by atoms with Crippen LogP contribution >= 0.6 is 23.2 Å². The molecule has 41 heavy (non-hydrogen) atoms. The van der Waals surface area contributed by atoms with E-state index in [1.165, 1.54) is 27.4 Å². The molecule has 1 N–H and O–H groups in total. The molecule has 220 valence electrons. The highest BCUT2D eigenvalue weighted by Crippen LogP contribution is 2.43. The number of amides is 1. The summed E-state index contributed by atoms with van der Waals surface area (Å²) in [5.41, 5.74) is 2.11. The Kier molecular flexibility index (Phi) is 9.43. The number of rotatable bonds is 9. The Morgan fingerprint density at radius 2 is 1.66 bits per heavy atom. The second-order valence-corrected chi connectivity index (χ2v) is 12.4. The maximum absolute atomic E-state index is 13.9. The molecule has 0 spiro atoms. The number of piperidine rings is 1. The third-order valence-electron chi connectivity index (χ3n) is 7.67. The lowest BCUT2D eigenvalue weighted by molar-refractivity contribution is 0.0626. The van der Waals surface area contributed by atoms with Crippen molar-refractivity contribution in [1.29, 1.82) is 0 Å². The molecule has 4 rings (SSSR count). The fraction of sp³-hybridized carbons (Fsp3) is 0.367. The third kappa shape index (κ3) is 6.59. The van der Waals surface area contributed by atoms with Gasteiger partial charge in [-0.05, 0) is 74.1 Å². The van der Waals surface area contributed by atoms with Crippen molar-refractivity contribution < 1.29 is 32.0 Å². The maximum Gasteiger partial charge on any atom is 0.294 e. The molecule has 0 aromatic heterocycles. The zero-order valence-electron chi connectivity index (χ0n) is 23.4. The van der Waals surface area contributed by atoms with Crippen LogP contribution in [0.3, 0.4) is 0 Å². The van der Waals surface area contributed by atoms with Crippen molar-refractivity contribution >= 4 is 39.2 Å². The summed E-state index contributed by atoms with van der Waals surface area (Å²) in [7, 11) is 0.0714. The summed E-state index contributed by atoms with van der Waals surface area (Å²) >= 11 is 12.7. The van der Waals surface area contributed by atoms with Gasteiger partial charge >= 0.3 is 0 Å². The van der Waals surface area contributed by atoms with E-state index in [1.54, 1.807) is 35.2 Å². The van der Waals surface area contributed by atoms with Gasteiger partial charge in [-0.2, -0.15) is 8.42 Å². The van der Waals surface area contributed by atoms with Crippen LogP contribution in [0.1, 0.15) is 46.3 Å². The van der Waals surface area contributed by atoms with E-state index in [-0.39, 0.29) is 10.8 Å². The highest BCUT2D eigenvalue weighted by molar-refractivity contribution is 7.85. The lowest BCUT2D eigenvalue weighted by Crippen LogP contribution is -2.49. The summed E-state index contributed by atoms with van der Waals surface area (Å²) < 4.78 is 50.5. The summed E-state index contributed by atoms with van der Waals surface area (Å²) in [6, 6.07) is 13.6. The first-order valence-electron chi connectivity index (χ1n) is 13.0. The number of ether oxygens (including phenoxy) is 3. The van der Waals surface area contributed by atoms with Crippen LogP contribution < -0.4 is 14.2 Å². The Morgan fingerprint density at radius 1 is 0.976 bits per heavy atom. The van der Waals surface area contributed by atoms with E-state index in [1.807, 2.05) is 19.1 Å². The topological polar surface area (TPSA) is 102 Å². The molecular weight excluding hydrogens is 589 g/mol. The first kappa shape index (κ1) is 31.0. The minimum Gasteiger partial charge on any atom is -0.493 e. The van der Waals surface area contributed by atoms with Gasteiger partial charge < -0.3 is 19.1 Å². The number of nitrogens with zero attached hydrogens (tertiary/aromatic N) is 1. The molecule has 0 saturated carbocycles. The van der Waals surface area contributed by atoms with Gasteiger partial charge in [-0.15, -0.1) is 0 Å². The van der Waals surface area contributed by atoms with Crippen LogP contribution in [0, 0.1) is 6.92 Å². The van der Waals surface area contributed by atoms with E-state index >= 15 is 0 Å². The zero-order chi connectivity index (χ0) is 29.9. The third-order valence-corrected chi connectivity index (χ3v) is 9.37. The largest absolute Gasteiger partial charge is 0.493 e. The van der Waals surface area contributed by atoms with Gasteiger partial charge in [0, 0.05) is 24.1 Å². The number of carbonyl (C=O) groups excluding carboxylic acids is 1. The van der Waals surface area contributed by atoms with Crippen LogP contribution in [0.2, 0.25) is 10.0 Å². The second kappa shape index (κ2) is 12.5. The Bertz CT molecular complexity index is 1540. The molecular formula is C30H33Cl2NO7S. The summed E-state index contributed by atoms with van der Waals surface area (Å²) in [6.07, 6.45) is 2.28. The lowest BCUT2D eigenvalue weighted by Gasteiger charge is -2.44. The average molecular weight is 623 g/mol. The Hall–Kier alpha value is -2.98. The fourth-order valence-electron chi connectivity index (χ4n) is 5.63. The molecule has 1 amide bonds. The second-order valence-electron chi connectivity index (χ2n) is 10.2. The van der Waals surface area contributed by atoms with E-state index in [0.717, 1.165) is 17.5 Å². The monoisotopic (exact) mass is 621 g/mol. The molecule has 8 nitrogen and oxygen atoms in total. The summed E-state index contributed by atoms with van der Waals surface area (Å²) in [5, 5.41) is 0.810. The number of methoxy groups -OCH3 is 3. The summed E-state index contributed by atoms with van der Waals surface area (Å²) in [6.45, 7) is 2.75. The molecule has 1 heterocycles. The Labute approximate surface area is 250 Å². The summed E-state index contributed by atoms with van der Waals surface area (Å²) in [5.74, 6) is 0.936. The predicted molar refractivity (Wildman–Crippen MR) is 159 cm³/mol. The molecule has 1 saturated heterocycles. The molecule has 3 aromatic carbocycles. The number of aryl methyl sites for hydroxylation is 2.